The van der Waals surface area contributed by atoms with Crippen LogP contribution in [0.1, 0.15) is 0 Å². The highest BCUT2D eigenvalue weighted by Crippen LogP contribution is 2.44. The van der Waals surface area contributed by atoms with E-state index in [-0.39, 0.29) is 0 Å². The quantitative estimate of drug-likeness (QED) is 0.109. The zero-order chi connectivity index (χ0) is 82.0. The Morgan fingerprint density at radius 3 is 0.613 bits per heavy atom. The van der Waals surface area contributed by atoms with Crippen molar-refractivity contribution in [1.82, 2.24) is 38.2 Å². The van der Waals surface area contributed by atoms with Crippen LogP contribution in [0.5, 0.6) is 0 Å². The van der Waals surface area contributed by atoms with Crippen molar-refractivity contribution in [2.45, 2.75) is 0 Å². The Hall–Kier alpha value is -16.7. The number of benzene rings is 18. The van der Waals surface area contributed by atoms with Crippen LogP contribution < -0.4 is 0 Å². The van der Waals surface area contributed by atoms with E-state index in [4.69, 9.17) is 19.9 Å². The van der Waals surface area contributed by atoms with E-state index >= 15 is 0 Å². The molecule has 0 spiro atoms. The normalized spacial score (nSPS) is 11.5. The van der Waals surface area contributed by atoms with Crippen LogP contribution in [-0.4, -0.2) is 38.2 Å². The maximum Gasteiger partial charge on any atom is 0.160 e. The first kappa shape index (κ1) is 72.5. The highest BCUT2D eigenvalue weighted by molar-refractivity contribution is 6.15. The first-order valence-electron chi connectivity index (χ1n) is 42.1. The number of nitrogens with zero attached hydrogens (tertiary/aromatic N) is 8. The number of para-hydroxylation sites is 5. The molecule has 6 aromatic heterocycles. The molecule has 0 fully saturated rings. The summed E-state index contributed by atoms with van der Waals surface area (Å²) in [6.07, 6.45) is 0. The lowest BCUT2D eigenvalue weighted by molar-refractivity contribution is 1.17. The van der Waals surface area contributed by atoms with Crippen LogP contribution in [0.3, 0.4) is 0 Å². The summed E-state index contributed by atoms with van der Waals surface area (Å²) in [5.41, 5.74) is 33.3. The first-order chi connectivity index (χ1) is 61.5. The van der Waals surface area contributed by atoms with Gasteiger partial charge < -0.3 is 18.3 Å². The van der Waals surface area contributed by atoms with E-state index in [2.05, 4.69) is 407 Å². The third-order valence-electron chi connectivity index (χ3n) is 24.3. The van der Waals surface area contributed by atoms with Gasteiger partial charge in [0.05, 0.1) is 66.9 Å². The third-order valence-corrected chi connectivity index (χ3v) is 24.3. The standard InChI is InChI=1S/C64H42N4.C52H34N4/c1-5-15-43(16-6-1)49-31-36-62-56(39-49)57-41-51(50-32-37-61-55(40-50)54-23-13-14-24-60(54)67(61)52-21-11-4-12-22-52)33-38-63(57)68(62)53-34-29-45(30-35-53)44-25-27-47(28-26-44)59-42-58(46-17-7-2-8-18-46)65-64(66-59)48-19-9-3-10-20-48;1-4-14-35(15-5-1)46-34-47(54-52(53-46)37-16-6-2-7-17-37)36-24-28-41(29-25-36)56-49-23-13-11-21-43(49)45-33-39(27-31-51(45)56)38-26-30-50-44(32-38)42-20-10-12-22-48(42)55(50)40-18-8-3-9-19-40/h1-42H;1-34H. The predicted octanol–water partition coefficient (Wildman–Crippen LogP) is 30.0. The van der Waals surface area contributed by atoms with Gasteiger partial charge in [-0.25, -0.2) is 19.9 Å². The highest BCUT2D eigenvalue weighted by atomic mass is 15.0. The summed E-state index contributed by atoms with van der Waals surface area (Å²) in [6, 6.07) is 164. The molecule has 24 aromatic rings. The summed E-state index contributed by atoms with van der Waals surface area (Å²) in [7, 11) is 0. The summed E-state index contributed by atoms with van der Waals surface area (Å²) in [4.78, 5) is 20.1. The van der Waals surface area contributed by atoms with Crippen LogP contribution in [0, 0.1) is 0 Å². The van der Waals surface area contributed by atoms with Crippen molar-refractivity contribution in [2.24, 2.45) is 0 Å². The van der Waals surface area contributed by atoms with Crippen molar-refractivity contribution in [3.8, 4) is 135 Å². The number of fused-ring (bicyclic) bond motifs is 12. The van der Waals surface area contributed by atoms with E-state index in [9.17, 15) is 0 Å². The highest BCUT2D eigenvalue weighted by Gasteiger charge is 2.22. The second-order valence-electron chi connectivity index (χ2n) is 31.6. The summed E-state index contributed by atoms with van der Waals surface area (Å²) in [6.45, 7) is 0. The van der Waals surface area contributed by atoms with E-state index in [1.54, 1.807) is 0 Å². The molecule has 0 aliphatic rings. The van der Waals surface area contributed by atoms with Gasteiger partial charge in [0.1, 0.15) is 0 Å². The molecule has 580 valence electrons. The summed E-state index contributed by atoms with van der Waals surface area (Å²) < 4.78 is 9.53. The maximum atomic E-state index is 5.06. The zero-order valence-electron chi connectivity index (χ0n) is 67.5. The molecule has 0 bridgehead atoms. The molecule has 0 saturated carbocycles. The van der Waals surface area contributed by atoms with Gasteiger partial charge in [0.25, 0.3) is 0 Å². The minimum absolute atomic E-state index is 0.712. The van der Waals surface area contributed by atoms with Crippen LogP contribution in [0.4, 0.5) is 0 Å². The van der Waals surface area contributed by atoms with Gasteiger partial charge in [-0.1, -0.05) is 322 Å². The maximum absolute atomic E-state index is 5.06. The molecular weight excluding hydrogens is 1510 g/mol. The van der Waals surface area contributed by atoms with Crippen molar-refractivity contribution in [1.29, 1.82) is 0 Å². The van der Waals surface area contributed by atoms with Crippen LogP contribution in [0.2, 0.25) is 0 Å². The lowest BCUT2D eigenvalue weighted by atomic mass is 9.99. The Balaban J connectivity index is 0.000000146. The minimum atomic E-state index is 0.712. The van der Waals surface area contributed by atoms with Gasteiger partial charge in [-0.3, -0.25) is 0 Å². The van der Waals surface area contributed by atoms with Gasteiger partial charge in [0, 0.05) is 99.2 Å². The van der Waals surface area contributed by atoms with Crippen molar-refractivity contribution in [3.05, 3.63) is 461 Å². The van der Waals surface area contributed by atoms with E-state index in [0.29, 0.717) is 11.6 Å². The molecule has 0 N–H and O–H groups in total. The Morgan fingerprint density at radius 2 is 0.306 bits per heavy atom. The largest absolute Gasteiger partial charge is 0.309 e. The van der Waals surface area contributed by atoms with Gasteiger partial charge in [-0.2, -0.15) is 0 Å². The third kappa shape index (κ3) is 13.1. The number of rotatable bonds is 14. The van der Waals surface area contributed by atoms with Gasteiger partial charge in [0.15, 0.2) is 11.6 Å². The number of hydrogen-bond donors (Lipinski definition) is 0. The molecule has 0 amide bonds. The Kier molecular flexibility index (Phi) is 18.1. The summed E-state index contributed by atoms with van der Waals surface area (Å²) in [5.74, 6) is 1.43. The summed E-state index contributed by atoms with van der Waals surface area (Å²) in [5, 5.41) is 9.89. The van der Waals surface area contributed by atoms with Crippen LogP contribution in [-0.2, 0) is 0 Å². The summed E-state index contributed by atoms with van der Waals surface area (Å²) >= 11 is 0. The van der Waals surface area contributed by atoms with Crippen molar-refractivity contribution >= 4 is 87.2 Å². The fourth-order valence-corrected chi connectivity index (χ4v) is 18.3. The second-order valence-corrected chi connectivity index (χ2v) is 31.6. The Bertz CT molecular complexity index is 8030. The molecular formula is C116H76N8. The molecule has 0 aliphatic heterocycles. The average Bonchev–Trinajstić information content (AvgIpc) is 1.59. The van der Waals surface area contributed by atoms with Crippen molar-refractivity contribution in [2.75, 3.05) is 0 Å². The van der Waals surface area contributed by atoms with Crippen molar-refractivity contribution < 1.29 is 0 Å². The van der Waals surface area contributed by atoms with E-state index in [1.165, 1.54) is 126 Å². The molecule has 8 nitrogen and oxygen atoms in total. The molecule has 6 heterocycles. The molecule has 18 aromatic carbocycles. The molecule has 24 rings (SSSR count). The van der Waals surface area contributed by atoms with Crippen LogP contribution in [0.15, 0.2) is 461 Å². The minimum Gasteiger partial charge on any atom is -0.309 e. The SMILES string of the molecule is c1ccc(-c2cc(-c3ccc(-n4c5ccccc5c5cc(-c6ccc7c(c6)c6ccccc6n7-c6ccccc6)ccc54)cc3)nc(-c3ccccc3)n2)cc1.c1ccc(-c2ccc3c(c2)c2cc(-c4ccc5c(c4)c4ccccc4n5-c4ccccc4)ccc2n3-c2ccc(-c3ccc(-c4cc(-c5ccccc5)nc(-c5ccccc5)n4)cc3)cc2)cc1. The van der Waals surface area contributed by atoms with Crippen LogP contribution in [0.25, 0.3) is 222 Å². The molecule has 0 saturated heterocycles. The van der Waals surface area contributed by atoms with Gasteiger partial charge in [-0.05, 0) is 184 Å². The topological polar surface area (TPSA) is 71.3 Å². The molecule has 0 aliphatic carbocycles. The number of aromatic nitrogens is 8. The fourth-order valence-electron chi connectivity index (χ4n) is 18.3. The van der Waals surface area contributed by atoms with E-state index in [0.717, 1.165) is 84.3 Å². The Labute approximate surface area is 716 Å². The monoisotopic (exact) mass is 1580 g/mol. The van der Waals surface area contributed by atoms with Gasteiger partial charge in [-0.15, -0.1) is 0 Å². The average molecular weight is 1580 g/mol. The second kappa shape index (κ2) is 30.9. The predicted molar refractivity (Wildman–Crippen MR) is 516 cm³/mol. The van der Waals surface area contributed by atoms with Gasteiger partial charge >= 0.3 is 0 Å². The molecule has 8 heteroatoms. The molecule has 124 heavy (non-hydrogen) atoms. The Morgan fingerprint density at radius 1 is 0.121 bits per heavy atom. The van der Waals surface area contributed by atoms with E-state index in [1.807, 2.05) is 72.8 Å². The van der Waals surface area contributed by atoms with Gasteiger partial charge in [0.2, 0.25) is 0 Å². The zero-order valence-corrected chi connectivity index (χ0v) is 67.5. The lowest BCUT2D eigenvalue weighted by Gasteiger charge is -2.12. The molecule has 0 atom stereocenters. The smallest absolute Gasteiger partial charge is 0.160 e. The number of hydrogen-bond acceptors (Lipinski definition) is 4. The molecule has 0 unspecified atom stereocenters. The van der Waals surface area contributed by atoms with E-state index < -0.39 is 0 Å². The lowest BCUT2D eigenvalue weighted by Crippen LogP contribution is -1.97. The first-order valence-corrected chi connectivity index (χ1v) is 42.1. The fraction of sp³-hybridized carbons (Fsp3) is 0. The molecule has 0 radical (unpaired) electrons. The van der Waals surface area contributed by atoms with Crippen molar-refractivity contribution in [3.63, 3.8) is 0 Å². The van der Waals surface area contributed by atoms with Crippen LogP contribution >= 0.6 is 0 Å².